The maximum Gasteiger partial charge on any atom is 0.230 e. The summed E-state index contributed by atoms with van der Waals surface area (Å²) in [6.07, 6.45) is 1.67. The Morgan fingerprint density at radius 1 is 1.56 bits per heavy atom. The number of amides is 1. The number of nitrogens with one attached hydrogen (secondary N) is 1. The van der Waals surface area contributed by atoms with Gasteiger partial charge in [-0.1, -0.05) is 47.8 Å². The Bertz CT molecular complexity index is 486. The second-order valence-electron chi connectivity index (χ2n) is 3.68. The molecule has 94 valence electrons. The van der Waals surface area contributed by atoms with Crippen LogP contribution in [0.5, 0.6) is 0 Å². The van der Waals surface area contributed by atoms with Gasteiger partial charge in [0.1, 0.15) is 4.38 Å². The quantitative estimate of drug-likeness (QED) is 0.861. The molecule has 0 spiro atoms. The Balaban J connectivity index is 1.90. The molecule has 0 radical (unpaired) electrons. The van der Waals surface area contributed by atoms with Crippen LogP contribution in [0.2, 0.25) is 0 Å². The number of hydrogen-bond donors (Lipinski definition) is 1. The molecule has 1 aromatic rings. The normalized spacial score (nSPS) is 13.4. The zero-order chi connectivity index (χ0) is 12.8. The predicted molar refractivity (Wildman–Crippen MR) is 80.5 cm³/mol. The SMILES string of the molecule is C=CCNC(=O)CSC1=Nc2ccccc2CS1. The van der Waals surface area contributed by atoms with E-state index in [-0.39, 0.29) is 5.91 Å². The molecule has 5 heteroatoms. The molecule has 0 saturated carbocycles. The molecule has 1 N–H and O–H groups in total. The van der Waals surface area contributed by atoms with Crippen molar-refractivity contribution in [3.05, 3.63) is 42.5 Å². The number of carbonyl (C=O) groups is 1. The van der Waals surface area contributed by atoms with Crippen molar-refractivity contribution in [1.29, 1.82) is 0 Å². The number of carbonyl (C=O) groups excluding carboxylic acids is 1. The van der Waals surface area contributed by atoms with E-state index in [0.717, 1.165) is 15.8 Å². The van der Waals surface area contributed by atoms with Gasteiger partial charge >= 0.3 is 0 Å². The van der Waals surface area contributed by atoms with E-state index in [1.54, 1.807) is 17.8 Å². The lowest BCUT2D eigenvalue weighted by Crippen LogP contribution is -2.25. The van der Waals surface area contributed by atoms with E-state index >= 15 is 0 Å². The van der Waals surface area contributed by atoms with Gasteiger partial charge in [-0.3, -0.25) is 4.79 Å². The third-order valence-corrected chi connectivity index (χ3v) is 4.57. The van der Waals surface area contributed by atoms with Gasteiger partial charge in [-0.05, 0) is 11.6 Å². The predicted octanol–water partition coefficient (Wildman–Crippen LogP) is 2.96. The lowest BCUT2D eigenvalue weighted by atomic mass is 10.2. The van der Waals surface area contributed by atoms with E-state index in [4.69, 9.17) is 0 Å². The number of rotatable bonds is 4. The van der Waals surface area contributed by atoms with E-state index in [2.05, 4.69) is 23.0 Å². The first-order valence-electron chi connectivity index (χ1n) is 5.59. The van der Waals surface area contributed by atoms with Crippen LogP contribution in [-0.4, -0.2) is 22.6 Å². The van der Waals surface area contributed by atoms with Gasteiger partial charge in [0, 0.05) is 12.3 Å². The van der Waals surface area contributed by atoms with E-state index in [1.807, 2.05) is 18.2 Å². The van der Waals surface area contributed by atoms with Gasteiger partial charge in [0.05, 0.1) is 11.4 Å². The van der Waals surface area contributed by atoms with Gasteiger partial charge in [0.25, 0.3) is 0 Å². The number of nitrogens with zero attached hydrogens (tertiary/aromatic N) is 1. The Hall–Kier alpha value is -1.20. The van der Waals surface area contributed by atoms with Crippen LogP contribution in [0.3, 0.4) is 0 Å². The van der Waals surface area contributed by atoms with Crippen molar-refractivity contribution in [1.82, 2.24) is 5.32 Å². The number of fused-ring (bicyclic) bond motifs is 1. The van der Waals surface area contributed by atoms with Gasteiger partial charge in [0.2, 0.25) is 5.91 Å². The van der Waals surface area contributed by atoms with Crippen LogP contribution in [0.1, 0.15) is 5.56 Å². The molecular formula is C13H14N2OS2. The summed E-state index contributed by atoms with van der Waals surface area (Å²) in [6.45, 7) is 4.07. The molecule has 1 amide bonds. The Labute approximate surface area is 115 Å². The monoisotopic (exact) mass is 278 g/mol. The third kappa shape index (κ3) is 3.65. The molecule has 2 rings (SSSR count). The first-order valence-corrected chi connectivity index (χ1v) is 7.56. The molecule has 18 heavy (non-hydrogen) atoms. The van der Waals surface area contributed by atoms with Gasteiger partial charge in [0.15, 0.2) is 0 Å². The van der Waals surface area contributed by atoms with Gasteiger partial charge in [-0.2, -0.15) is 0 Å². The van der Waals surface area contributed by atoms with Crippen LogP contribution < -0.4 is 5.32 Å². The lowest BCUT2D eigenvalue weighted by Gasteiger charge is -2.13. The molecule has 0 aromatic heterocycles. The molecular weight excluding hydrogens is 264 g/mol. The summed E-state index contributed by atoms with van der Waals surface area (Å²) in [4.78, 5) is 16.0. The summed E-state index contributed by atoms with van der Waals surface area (Å²) in [6, 6.07) is 8.10. The highest BCUT2D eigenvalue weighted by Gasteiger charge is 2.13. The summed E-state index contributed by atoms with van der Waals surface area (Å²) in [7, 11) is 0. The molecule has 0 bridgehead atoms. The van der Waals surface area contributed by atoms with Gasteiger partial charge in [-0.15, -0.1) is 6.58 Å². The van der Waals surface area contributed by atoms with Crippen molar-refractivity contribution in [3.8, 4) is 0 Å². The molecule has 1 aliphatic heterocycles. The van der Waals surface area contributed by atoms with Crippen molar-refractivity contribution < 1.29 is 4.79 Å². The van der Waals surface area contributed by atoms with Gasteiger partial charge in [-0.25, -0.2) is 4.99 Å². The van der Waals surface area contributed by atoms with E-state index in [0.29, 0.717) is 12.3 Å². The number of aliphatic imine (C=N–C) groups is 1. The zero-order valence-corrected chi connectivity index (χ0v) is 11.5. The number of para-hydroxylation sites is 1. The smallest absolute Gasteiger partial charge is 0.230 e. The van der Waals surface area contributed by atoms with Crippen molar-refractivity contribution >= 4 is 39.5 Å². The van der Waals surface area contributed by atoms with Crippen LogP contribution >= 0.6 is 23.5 Å². The molecule has 3 nitrogen and oxygen atoms in total. The number of thioether (sulfide) groups is 2. The summed E-state index contributed by atoms with van der Waals surface area (Å²) in [5, 5.41) is 2.75. The highest BCUT2D eigenvalue weighted by Crippen LogP contribution is 2.34. The van der Waals surface area contributed by atoms with E-state index in [9.17, 15) is 4.79 Å². The minimum Gasteiger partial charge on any atom is -0.352 e. The summed E-state index contributed by atoms with van der Waals surface area (Å²) < 4.78 is 0.961. The summed E-state index contributed by atoms with van der Waals surface area (Å²) in [5.41, 5.74) is 2.27. The highest BCUT2D eigenvalue weighted by atomic mass is 32.2. The van der Waals surface area contributed by atoms with Crippen LogP contribution in [0.15, 0.2) is 41.9 Å². The maximum atomic E-state index is 11.4. The molecule has 0 saturated heterocycles. The first-order chi connectivity index (χ1) is 8.79. The number of benzene rings is 1. The standard InChI is InChI=1S/C13H14N2OS2/c1-2-7-14-12(16)9-18-13-15-11-6-4-3-5-10(11)8-17-13/h2-6H,1,7-9H2,(H,14,16). The molecule has 1 aromatic carbocycles. The van der Waals surface area contributed by atoms with Crippen molar-refractivity contribution in [2.45, 2.75) is 5.75 Å². The Kier molecular flexibility index (Phi) is 4.90. The topological polar surface area (TPSA) is 41.5 Å². The van der Waals surface area contributed by atoms with Crippen molar-refractivity contribution in [2.24, 2.45) is 4.99 Å². The van der Waals surface area contributed by atoms with Crippen LogP contribution in [0.4, 0.5) is 5.69 Å². The minimum atomic E-state index is 0.0158. The fraction of sp³-hybridized carbons (Fsp3) is 0.231. The lowest BCUT2D eigenvalue weighted by molar-refractivity contribution is -0.118. The van der Waals surface area contributed by atoms with Crippen molar-refractivity contribution in [3.63, 3.8) is 0 Å². The Morgan fingerprint density at radius 3 is 3.22 bits per heavy atom. The third-order valence-electron chi connectivity index (χ3n) is 2.32. The van der Waals surface area contributed by atoms with Crippen LogP contribution in [-0.2, 0) is 10.5 Å². The summed E-state index contributed by atoms with van der Waals surface area (Å²) >= 11 is 3.17. The number of hydrogen-bond acceptors (Lipinski definition) is 4. The van der Waals surface area contributed by atoms with Gasteiger partial charge < -0.3 is 5.32 Å². The van der Waals surface area contributed by atoms with Crippen molar-refractivity contribution in [2.75, 3.05) is 12.3 Å². The van der Waals surface area contributed by atoms with E-state index in [1.165, 1.54) is 17.3 Å². The average Bonchev–Trinajstić information content (AvgIpc) is 2.42. The second kappa shape index (κ2) is 6.66. The molecule has 0 aliphatic carbocycles. The molecule has 1 heterocycles. The largest absolute Gasteiger partial charge is 0.352 e. The molecule has 1 aliphatic rings. The highest BCUT2D eigenvalue weighted by molar-refractivity contribution is 8.38. The minimum absolute atomic E-state index is 0.0158. The average molecular weight is 278 g/mol. The van der Waals surface area contributed by atoms with E-state index < -0.39 is 0 Å². The molecule has 0 fully saturated rings. The Morgan fingerprint density at radius 2 is 2.39 bits per heavy atom. The first kappa shape index (κ1) is 13.2. The maximum absolute atomic E-state index is 11.4. The second-order valence-corrected chi connectivity index (χ2v) is 5.86. The molecule has 0 unspecified atom stereocenters. The molecule has 0 atom stereocenters. The summed E-state index contributed by atoms with van der Waals surface area (Å²) in [5.74, 6) is 1.35. The fourth-order valence-corrected chi connectivity index (χ4v) is 3.34. The zero-order valence-electron chi connectivity index (χ0n) is 9.89. The fourth-order valence-electron chi connectivity index (χ4n) is 1.45. The van der Waals surface area contributed by atoms with Crippen LogP contribution in [0, 0.1) is 0 Å². The van der Waals surface area contributed by atoms with Crippen LogP contribution in [0.25, 0.3) is 0 Å².